The van der Waals surface area contributed by atoms with E-state index in [-0.39, 0.29) is 17.5 Å². The summed E-state index contributed by atoms with van der Waals surface area (Å²) in [5.74, 6) is 0.176. The predicted octanol–water partition coefficient (Wildman–Crippen LogP) is 3.33. The number of likely N-dealkylation sites (tertiary alicyclic amines) is 1. The summed E-state index contributed by atoms with van der Waals surface area (Å²) in [6.45, 7) is 2.86. The van der Waals surface area contributed by atoms with Crippen molar-refractivity contribution in [1.29, 1.82) is 0 Å². The number of amides is 1. The second kappa shape index (κ2) is 8.03. The van der Waals surface area contributed by atoms with Crippen LogP contribution in [0.25, 0.3) is 27.7 Å². The average Bonchev–Trinajstić information content (AvgIpc) is 3.41. The minimum atomic E-state index is -0.509. The number of rotatable bonds is 4. The lowest BCUT2D eigenvalue weighted by Crippen LogP contribution is -2.26. The first-order chi connectivity index (χ1) is 15.5. The second-order valence-electron chi connectivity index (χ2n) is 8.18. The Balaban J connectivity index is 1.45. The summed E-state index contributed by atoms with van der Waals surface area (Å²) in [6.07, 6.45) is 3.04. The van der Waals surface area contributed by atoms with Crippen molar-refractivity contribution in [2.45, 2.75) is 19.8 Å². The summed E-state index contributed by atoms with van der Waals surface area (Å²) in [6, 6.07) is 14.5. The highest BCUT2D eigenvalue weighted by Crippen LogP contribution is 2.27. The first-order valence-corrected chi connectivity index (χ1v) is 10.6. The van der Waals surface area contributed by atoms with Crippen molar-refractivity contribution in [2.75, 3.05) is 13.1 Å². The van der Waals surface area contributed by atoms with Gasteiger partial charge in [-0.15, -0.1) is 0 Å². The number of benzene rings is 2. The number of aromatic amines is 1. The van der Waals surface area contributed by atoms with Gasteiger partial charge in [-0.3, -0.25) is 9.78 Å². The molecule has 3 heterocycles. The molecule has 8 heteroatoms. The Morgan fingerprint density at radius 3 is 2.78 bits per heavy atom. The molecule has 1 fully saturated rings. The van der Waals surface area contributed by atoms with E-state index < -0.39 is 11.5 Å². The van der Waals surface area contributed by atoms with Gasteiger partial charge in [0.25, 0.3) is 0 Å². The molecule has 7 nitrogen and oxygen atoms in total. The third kappa shape index (κ3) is 3.68. The molecule has 1 amide bonds. The highest BCUT2D eigenvalue weighted by Gasteiger charge is 2.27. The maximum atomic E-state index is 15.2. The molecule has 0 spiro atoms. The van der Waals surface area contributed by atoms with Crippen molar-refractivity contribution in [3.63, 3.8) is 0 Å². The first kappa shape index (κ1) is 20.1. The van der Waals surface area contributed by atoms with Crippen LogP contribution in [0.1, 0.15) is 19.2 Å². The zero-order chi connectivity index (χ0) is 22.2. The van der Waals surface area contributed by atoms with Gasteiger partial charge in [0, 0.05) is 38.0 Å². The van der Waals surface area contributed by atoms with Crippen LogP contribution in [0.2, 0.25) is 0 Å². The molecule has 0 unspecified atom stereocenters. The number of carbonyl (C=O) groups excluding carboxylic acids is 1. The number of aromatic nitrogens is 4. The Kier molecular flexibility index (Phi) is 5.05. The van der Waals surface area contributed by atoms with Gasteiger partial charge in [0.2, 0.25) is 5.91 Å². The third-order valence-corrected chi connectivity index (χ3v) is 6.07. The molecule has 0 saturated carbocycles. The molecule has 5 rings (SSSR count). The fourth-order valence-electron chi connectivity index (χ4n) is 4.37. The van der Waals surface area contributed by atoms with E-state index >= 15 is 4.39 Å². The van der Waals surface area contributed by atoms with Crippen LogP contribution in [0, 0.1) is 11.7 Å². The van der Waals surface area contributed by atoms with Crippen molar-refractivity contribution in [1.82, 2.24) is 24.6 Å². The van der Waals surface area contributed by atoms with Crippen LogP contribution in [0.4, 0.5) is 4.39 Å². The van der Waals surface area contributed by atoms with Crippen LogP contribution >= 0.6 is 0 Å². The second-order valence-corrected chi connectivity index (χ2v) is 8.18. The summed E-state index contributed by atoms with van der Waals surface area (Å²) >= 11 is 0. The number of carbonyl (C=O) groups is 1. The van der Waals surface area contributed by atoms with Gasteiger partial charge in [0.15, 0.2) is 0 Å². The van der Waals surface area contributed by atoms with Gasteiger partial charge in [0.1, 0.15) is 11.6 Å². The van der Waals surface area contributed by atoms with E-state index in [1.807, 2.05) is 30.3 Å². The number of nitrogens with zero attached hydrogens (tertiary/aromatic N) is 4. The lowest BCUT2D eigenvalue weighted by atomic mass is 10.0. The number of hydrogen-bond donors (Lipinski definition) is 1. The fourth-order valence-corrected chi connectivity index (χ4v) is 4.37. The van der Waals surface area contributed by atoms with Gasteiger partial charge >= 0.3 is 5.69 Å². The maximum absolute atomic E-state index is 15.2. The smallest absolute Gasteiger partial charge is 0.343 e. The van der Waals surface area contributed by atoms with E-state index in [9.17, 15) is 9.59 Å². The van der Waals surface area contributed by atoms with E-state index in [1.165, 1.54) is 10.6 Å². The summed E-state index contributed by atoms with van der Waals surface area (Å²) in [5.41, 5.74) is 2.05. The Labute approximate surface area is 183 Å². The van der Waals surface area contributed by atoms with Crippen molar-refractivity contribution < 1.29 is 9.18 Å². The largest absolute Gasteiger partial charge is 0.348 e. The van der Waals surface area contributed by atoms with E-state index in [1.54, 1.807) is 30.2 Å². The van der Waals surface area contributed by atoms with E-state index in [4.69, 9.17) is 0 Å². The molecule has 162 valence electrons. The Morgan fingerprint density at radius 1 is 1.19 bits per heavy atom. The van der Waals surface area contributed by atoms with Crippen LogP contribution in [-0.4, -0.2) is 43.6 Å². The van der Waals surface area contributed by atoms with Gasteiger partial charge in [-0.05, 0) is 47.7 Å². The Morgan fingerprint density at radius 2 is 2.00 bits per heavy atom. The molecule has 2 aromatic heterocycles. The molecule has 2 aromatic carbocycles. The molecular formula is C24H22FN5O2. The molecule has 32 heavy (non-hydrogen) atoms. The number of halogens is 1. The third-order valence-electron chi connectivity index (χ3n) is 6.07. The lowest BCUT2D eigenvalue weighted by Gasteiger charge is -2.14. The number of nitrogens with one attached hydrogen (secondary N) is 1. The van der Waals surface area contributed by atoms with Crippen LogP contribution in [0.5, 0.6) is 0 Å². The van der Waals surface area contributed by atoms with E-state index in [0.717, 1.165) is 22.9 Å². The van der Waals surface area contributed by atoms with Gasteiger partial charge in [0.05, 0.1) is 11.2 Å². The SMILES string of the molecule is CC(=O)N1CC[C@@H](Cc2n[nH]c(=O)n2-c2ccc(-c3ccc4cccnc4c3)cc2F)C1. The maximum Gasteiger partial charge on any atom is 0.348 e. The van der Waals surface area contributed by atoms with Gasteiger partial charge in [-0.2, -0.15) is 5.10 Å². The van der Waals surface area contributed by atoms with E-state index in [2.05, 4.69) is 15.2 Å². The molecule has 1 N–H and O–H groups in total. The molecule has 0 bridgehead atoms. The topological polar surface area (TPSA) is 83.9 Å². The average molecular weight is 431 g/mol. The summed E-state index contributed by atoms with van der Waals surface area (Å²) in [4.78, 5) is 30.2. The number of fused-ring (bicyclic) bond motifs is 1. The van der Waals surface area contributed by atoms with Gasteiger partial charge < -0.3 is 4.90 Å². The van der Waals surface area contributed by atoms with Crippen LogP contribution in [0.15, 0.2) is 59.5 Å². The van der Waals surface area contributed by atoms with Gasteiger partial charge in [-0.25, -0.2) is 18.9 Å². The molecule has 1 aliphatic heterocycles. The summed E-state index contributed by atoms with van der Waals surface area (Å²) in [7, 11) is 0. The highest BCUT2D eigenvalue weighted by molar-refractivity contribution is 5.84. The highest BCUT2D eigenvalue weighted by atomic mass is 19.1. The number of hydrogen-bond acceptors (Lipinski definition) is 4. The summed E-state index contributed by atoms with van der Waals surface area (Å²) in [5, 5.41) is 7.58. The van der Waals surface area contributed by atoms with Crippen molar-refractivity contribution in [3.05, 3.63) is 76.9 Å². The minimum absolute atomic E-state index is 0.0393. The Hall–Kier alpha value is -3.81. The van der Waals surface area contributed by atoms with Crippen LogP contribution < -0.4 is 5.69 Å². The molecule has 1 aliphatic rings. The van der Waals surface area contributed by atoms with Crippen LogP contribution in [-0.2, 0) is 11.2 Å². The molecular weight excluding hydrogens is 409 g/mol. The lowest BCUT2D eigenvalue weighted by molar-refractivity contribution is -0.127. The predicted molar refractivity (Wildman–Crippen MR) is 119 cm³/mol. The molecule has 0 aliphatic carbocycles. The fraction of sp³-hybridized carbons (Fsp3) is 0.250. The normalized spacial score (nSPS) is 16.1. The van der Waals surface area contributed by atoms with E-state index in [0.29, 0.717) is 30.9 Å². The standard InChI is InChI=1S/C24H22FN5O2/c1-15(31)29-10-8-16(14-29)11-23-27-28-24(32)30(23)22-7-6-18(12-20(22)25)19-5-4-17-3-2-9-26-21(17)13-19/h2-7,9,12-13,16H,8,10-11,14H2,1H3,(H,28,32)/t16-/m0/s1. The van der Waals surface area contributed by atoms with Gasteiger partial charge in [-0.1, -0.05) is 24.3 Å². The molecule has 0 radical (unpaired) electrons. The number of pyridine rings is 1. The zero-order valence-corrected chi connectivity index (χ0v) is 17.6. The zero-order valence-electron chi connectivity index (χ0n) is 17.6. The van der Waals surface area contributed by atoms with Crippen molar-refractivity contribution in [2.24, 2.45) is 5.92 Å². The first-order valence-electron chi connectivity index (χ1n) is 10.6. The summed E-state index contributed by atoms with van der Waals surface area (Å²) < 4.78 is 16.5. The quantitative estimate of drug-likeness (QED) is 0.537. The van der Waals surface area contributed by atoms with Crippen molar-refractivity contribution in [3.8, 4) is 16.8 Å². The van der Waals surface area contributed by atoms with Crippen LogP contribution in [0.3, 0.4) is 0 Å². The molecule has 1 atom stereocenters. The minimum Gasteiger partial charge on any atom is -0.343 e. The monoisotopic (exact) mass is 431 g/mol. The Bertz CT molecular complexity index is 1380. The number of H-pyrrole nitrogens is 1. The van der Waals surface area contributed by atoms with Crippen molar-refractivity contribution >= 4 is 16.8 Å². The molecule has 1 saturated heterocycles. The molecule has 4 aromatic rings.